The largest absolute Gasteiger partial charge is 0.418 e. The maximum absolute atomic E-state index is 12.7. The van der Waals surface area contributed by atoms with E-state index >= 15 is 0 Å². The summed E-state index contributed by atoms with van der Waals surface area (Å²) in [6, 6.07) is 2.28. The monoisotopic (exact) mass is 268 g/mol. The van der Waals surface area contributed by atoms with Crippen molar-refractivity contribution in [3.63, 3.8) is 0 Å². The number of nitrogen functional groups attached to an aromatic ring is 2. The summed E-state index contributed by atoms with van der Waals surface area (Å²) < 4.78 is 43.7. The fourth-order valence-electron chi connectivity index (χ4n) is 2.39. The first-order chi connectivity index (χ1) is 8.86. The molecule has 0 aromatic heterocycles. The molecule has 0 radical (unpaired) electrons. The van der Waals surface area contributed by atoms with Crippen LogP contribution in [0.3, 0.4) is 0 Å². The number of hydrogen-bond acceptors (Lipinski definition) is 3. The van der Waals surface area contributed by atoms with Crippen molar-refractivity contribution in [3.05, 3.63) is 47.6 Å². The number of allylic oxidation sites excluding steroid dienone is 2. The van der Waals surface area contributed by atoms with Crippen molar-refractivity contribution < 1.29 is 17.9 Å². The topological polar surface area (TPSA) is 64.6 Å². The predicted molar refractivity (Wildman–Crippen MR) is 65.1 cm³/mol. The molecule has 1 saturated heterocycles. The zero-order valence-corrected chi connectivity index (χ0v) is 9.74. The molecule has 6 heteroatoms. The summed E-state index contributed by atoms with van der Waals surface area (Å²) in [5, 5.41) is 0. The van der Waals surface area contributed by atoms with Crippen molar-refractivity contribution in [2.24, 2.45) is 0 Å². The van der Waals surface area contributed by atoms with Crippen LogP contribution in [0.25, 0.3) is 0 Å². The number of fused-ring (bicyclic) bond motifs is 1. The summed E-state index contributed by atoms with van der Waals surface area (Å²) in [7, 11) is 0. The van der Waals surface area contributed by atoms with Crippen LogP contribution in [0.1, 0.15) is 11.1 Å². The summed E-state index contributed by atoms with van der Waals surface area (Å²) in [6.45, 7) is 0. The third-order valence-corrected chi connectivity index (χ3v) is 3.44. The molecule has 1 aliphatic carbocycles. The lowest BCUT2D eigenvalue weighted by Crippen LogP contribution is -2.17. The number of ether oxygens (including phenoxy) is 1. The maximum Gasteiger partial charge on any atom is 0.418 e. The van der Waals surface area contributed by atoms with E-state index in [2.05, 4.69) is 0 Å². The molecule has 19 heavy (non-hydrogen) atoms. The summed E-state index contributed by atoms with van der Waals surface area (Å²) in [4.78, 5) is 0. The van der Waals surface area contributed by atoms with Gasteiger partial charge in [0.2, 0.25) is 0 Å². The van der Waals surface area contributed by atoms with Crippen molar-refractivity contribution in [1.82, 2.24) is 0 Å². The standard InChI is InChI=1S/C13H11F3N2O/c14-13(15,16)8-5-4-7(10(17)11(8)18)12-6-2-1-3-9(12)19-12/h1-6,9H,17-18H2. The van der Waals surface area contributed by atoms with E-state index in [0.29, 0.717) is 5.56 Å². The molecular formula is C13H11F3N2O. The molecule has 2 unspecified atom stereocenters. The zero-order valence-electron chi connectivity index (χ0n) is 9.74. The summed E-state index contributed by atoms with van der Waals surface area (Å²) in [5.41, 5.74) is 9.56. The molecule has 1 aromatic rings. The van der Waals surface area contributed by atoms with Gasteiger partial charge in [0.1, 0.15) is 11.7 Å². The van der Waals surface area contributed by atoms with Crippen molar-refractivity contribution in [3.8, 4) is 0 Å². The highest BCUT2D eigenvalue weighted by atomic mass is 19.4. The molecule has 0 spiro atoms. The van der Waals surface area contributed by atoms with Crippen LogP contribution in [0.5, 0.6) is 0 Å². The first-order valence-electron chi connectivity index (χ1n) is 5.66. The number of anilines is 2. The predicted octanol–water partition coefficient (Wildman–Crippen LogP) is 2.59. The molecule has 1 aliphatic heterocycles. The Morgan fingerprint density at radius 1 is 1.11 bits per heavy atom. The second-order valence-corrected chi connectivity index (χ2v) is 4.56. The van der Waals surface area contributed by atoms with E-state index in [1.54, 1.807) is 12.2 Å². The Morgan fingerprint density at radius 2 is 1.84 bits per heavy atom. The summed E-state index contributed by atoms with van der Waals surface area (Å²) in [5.74, 6) is 0. The van der Waals surface area contributed by atoms with E-state index in [1.807, 2.05) is 12.2 Å². The van der Waals surface area contributed by atoms with Crippen molar-refractivity contribution in [1.29, 1.82) is 0 Å². The van der Waals surface area contributed by atoms with Gasteiger partial charge in [-0.05, 0) is 12.1 Å². The lowest BCUT2D eigenvalue weighted by atomic mass is 9.89. The molecular weight excluding hydrogens is 257 g/mol. The molecule has 100 valence electrons. The minimum Gasteiger partial charge on any atom is -0.397 e. The van der Waals surface area contributed by atoms with E-state index in [4.69, 9.17) is 16.2 Å². The number of benzene rings is 1. The second kappa shape index (κ2) is 3.54. The van der Waals surface area contributed by atoms with Gasteiger partial charge in [-0.1, -0.05) is 24.3 Å². The van der Waals surface area contributed by atoms with E-state index in [-0.39, 0.29) is 11.8 Å². The van der Waals surface area contributed by atoms with Gasteiger partial charge in [0.25, 0.3) is 0 Å². The molecule has 0 saturated carbocycles. The zero-order chi connectivity index (χ0) is 13.8. The molecule has 3 rings (SSSR count). The third-order valence-electron chi connectivity index (χ3n) is 3.44. The molecule has 0 bridgehead atoms. The number of nitrogens with two attached hydrogens (primary N) is 2. The highest BCUT2D eigenvalue weighted by Crippen LogP contribution is 2.53. The van der Waals surface area contributed by atoms with Crippen molar-refractivity contribution in [2.75, 3.05) is 11.5 Å². The summed E-state index contributed by atoms with van der Waals surface area (Å²) in [6.07, 6.45) is 2.50. The van der Waals surface area contributed by atoms with E-state index in [1.165, 1.54) is 6.07 Å². The van der Waals surface area contributed by atoms with Crippen molar-refractivity contribution in [2.45, 2.75) is 17.9 Å². The number of alkyl halides is 3. The van der Waals surface area contributed by atoms with Crippen LogP contribution in [-0.4, -0.2) is 6.10 Å². The Kier molecular flexibility index (Phi) is 2.25. The van der Waals surface area contributed by atoms with E-state index in [9.17, 15) is 13.2 Å². The lowest BCUT2D eigenvalue weighted by Gasteiger charge is -2.18. The fraction of sp³-hybridized carbons (Fsp3) is 0.231. The number of rotatable bonds is 1. The SMILES string of the molecule is Nc1c(C(F)(F)F)ccc(C23C=CC=CC2O3)c1N. The number of hydrogen-bond donors (Lipinski definition) is 2. The van der Waals surface area contributed by atoms with Gasteiger partial charge < -0.3 is 16.2 Å². The summed E-state index contributed by atoms with van der Waals surface area (Å²) >= 11 is 0. The van der Waals surface area contributed by atoms with Gasteiger partial charge in [0, 0.05) is 5.56 Å². The average Bonchev–Trinajstić information content (AvgIpc) is 3.06. The van der Waals surface area contributed by atoms with Crippen LogP contribution in [0.15, 0.2) is 36.4 Å². The molecule has 2 atom stereocenters. The third kappa shape index (κ3) is 1.63. The highest BCUT2D eigenvalue weighted by molar-refractivity contribution is 5.74. The second-order valence-electron chi connectivity index (χ2n) is 4.56. The minimum atomic E-state index is -4.51. The number of epoxide rings is 1. The van der Waals surface area contributed by atoms with Crippen molar-refractivity contribution >= 4 is 11.4 Å². The van der Waals surface area contributed by atoms with Gasteiger partial charge in [-0.15, -0.1) is 0 Å². The van der Waals surface area contributed by atoms with Gasteiger partial charge in [-0.25, -0.2) is 0 Å². The molecule has 1 heterocycles. The minimum absolute atomic E-state index is 0.0720. The van der Waals surface area contributed by atoms with Crippen LogP contribution in [-0.2, 0) is 16.5 Å². The first kappa shape index (κ1) is 12.1. The maximum atomic E-state index is 12.7. The van der Waals surface area contributed by atoms with Gasteiger partial charge in [0.05, 0.1) is 16.9 Å². The molecule has 1 fully saturated rings. The number of halogens is 3. The van der Waals surface area contributed by atoms with Gasteiger partial charge in [-0.3, -0.25) is 0 Å². The van der Waals surface area contributed by atoms with Crippen LogP contribution >= 0.6 is 0 Å². The Balaban J connectivity index is 2.09. The Hall–Kier alpha value is -1.95. The van der Waals surface area contributed by atoms with Gasteiger partial charge in [-0.2, -0.15) is 13.2 Å². The van der Waals surface area contributed by atoms with Gasteiger partial charge in [0.15, 0.2) is 0 Å². The van der Waals surface area contributed by atoms with Gasteiger partial charge >= 0.3 is 6.18 Å². The average molecular weight is 268 g/mol. The Bertz CT molecular complexity index is 607. The smallest absolute Gasteiger partial charge is 0.397 e. The van der Waals surface area contributed by atoms with E-state index in [0.717, 1.165) is 6.07 Å². The van der Waals surface area contributed by atoms with Crippen LogP contribution in [0.4, 0.5) is 24.5 Å². The first-order valence-corrected chi connectivity index (χ1v) is 5.66. The normalized spacial score (nSPS) is 28.3. The highest BCUT2D eigenvalue weighted by Gasteiger charge is 2.56. The molecule has 2 aliphatic rings. The molecule has 3 nitrogen and oxygen atoms in total. The molecule has 1 aromatic carbocycles. The molecule has 0 amide bonds. The Morgan fingerprint density at radius 3 is 2.47 bits per heavy atom. The van der Waals surface area contributed by atoms with Crippen LogP contribution < -0.4 is 11.5 Å². The lowest BCUT2D eigenvalue weighted by molar-refractivity contribution is -0.136. The quantitative estimate of drug-likeness (QED) is 0.607. The van der Waals surface area contributed by atoms with Crippen LogP contribution in [0.2, 0.25) is 0 Å². The van der Waals surface area contributed by atoms with E-state index < -0.39 is 23.0 Å². The fourth-order valence-corrected chi connectivity index (χ4v) is 2.39. The Labute approximate surface area is 107 Å². The molecule has 4 N–H and O–H groups in total. The van der Waals surface area contributed by atoms with Crippen LogP contribution in [0, 0.1) is 0 Å².